The Balaban J connectivity index is 1.83. The molecule has 0 amide bonds. The Morgan fingerprint density at radius 1 is 1.28 bits per heavy atom. The third-order valence-electron chi connectivity index (χ3n) is 3.53. The van der Waals surface area contributed by atoms with Crippen LogP contribution in [0.5, 0.6) is 0 Å². The molecule has 0 saturated heterocycles. The van der Waals surface area contributed by atoms with Gasteiger partial charge in [-0.05, 0) is 35.9 Å². The molecule has 0 unspecified atom stereocenters. The highest BCUT2D eigenvalue weighted by molar-refractivity contribution is 9.10. The Hall–Kier alpha value is -2.23. The summed E-state index contributed by atoms with van der Waals surface area (Å²) in [5, 5.41) is 0. The van der Waals surface area contributed by atoms with Crippen molar-refractivity contribution in [2.45, 2.75) is 11.4 Å². The fourth-order valence-corrected chi connectivity index (χ4v) is 4.01. The smallest absolute Gasteiger partial charge is 0.337 e. The maximum Gasteiger partial charge on any atom is 0.337 e. The average Bonchev–Trinajstić information content (AvgIpc) is 3.06. The van der Waals surface area contributed by atoms with E-state index in [1.165, 1.54) is 25.3 Å². The number of esters is 1. The summed E-state index contributed by atoms with van der Waals surface area (Å²) in [4.78, 5) is 15.8. The highest BCUT2D eigenvalue weighted by atomic mass is 79.9. The van der Waals surface area contributed by atoms with Crippen LogP contribution in [0.15, 0.2) is 58.3 Å². The summed E-state index contributed by atoms with van der Waals surface area (Å²) in [6.45, 7) is 0.103. The monoisotopic (exact) mass is 423 g/mol. The van der Waals surface area contributed by atoms with Crippen LogP contribution >= 0.6 is 15.9 Å². The van der Waals surface area contributed by atoms with Crippen LogP contribution < -0.4 is 4.72 Å². The lowest BCUT2D eigenvalue weighted by Crippen LogP contribution is -2.23. The standard InChI is InChI=1S/C16H14BrN3O4S/c1-24-16(21)12-7-13(17)9-14(8-12)25(22,23)19-10-11-2-4-20-5-3-18-15(20)6-11/h2-9,19H,10H2,1H3. The second-order valence-corrected chi connectivity index (χ2v) is 7.90. The maximum atomic E-state index is 12.5. The minimum Gasteiger partial charge on any atom is -0.465 e. The maximum absolute atomic E-state index is 12.5. The molecule has 0 aliphatic rings. The number of ether oxygens (including phenoxy) is 1. The van der Waals surface area contributed by atoms with Crippen LogP contribution in [0.4, 0.5) is 0 Å². The largest absolute Gasteiger partial charge is 0.465 e. The first kappa shape index (κ1) is 17.6. The number of nitrogens with one attached hydrogen (secondary N) is 1. The SMILES string of the molecule is COC(=O)c1cc(Br)cc(S(=O)(=O)NCc2ccn3ccnc3c2)c1. The van der Waals surface area contributed by atoms with E-state index in [-0.39, 0.29) is 17.0 Å². The third kappa shape index (κ3) is 3.89. The predicted molar refractivity (Wildman–Crippen MR) is 94.7 cm³/mol. The van der Waals surface area contributed by atoms with Crippen LogP contribution in [0.2, 0.25) is 0 Å². The molecule has 0 radical (unpaired) electrons. The molecule has 0 bridgehead atoms. The molecule has 1 aromatic carbocycles. The number of methoxy groups -OCH3 is 1. The van der Waals surface area contributed by atoms with Crippen LogP contribution in [-0.2, 0) is 21.3 Å². The number of halogens is 1. The first-order valence-corrected chi connectivity index (χ1v) is 9.47. The van der Waals surface area contributed by atoms with Gasteiger partial charge in [-0.3, -0.25) is 0 Å². The first-order valence-electron chi connectivity index (χ1n) is 7.19. The zero-order chi connectivity index (χ0) is 18.0. The quantitative estimate of drug-likeness (QED) is 0.636. The van der Waals surface area contributed by atoms with Gasteiger partial charge >= 0.3 is 5.97 Å². The summed E-state index contributed by atoms with van der Waals surface area (Å²) < 4.78 is 34.5. The van der Waals surface area contributed by atoms with Crippen molar-refractivity contribution >= 4 is 37.6 Å². The van der Waals surface area contributed by atoms with Crippen molar-refractivity contribution in [2.75, 3.05) is 7.11 Å². The van der Waals surface area contributed by atoms with Crippen LogP contribution in [0, 0.1) is 0 Å². The zero-order valence-corrected chi connectivity index (χ0v) is 15.5. The van der Waals surface area contributed by atoms with Gasteiger partial charge in [-0.15, -0.1) is 0 Å². The molecule has 3 aromatic rings. The van der Waals surface area contributed by atoms with Gasteiger partial charge in [0.1, 0.15) is 5.65 Å². The number of nitrogens with zero attached hydrogens (tertiary/aromatic N) is 2. The average molecular weight is 424 g/mol. The zero-order valence-electron chi connectivity index (χ0n) is 13.1. The molecule has 2 aromatic heterocycles. The minimum absolute atomic E-state index is 0.0239. The molecular formula is C16H14BrN3O4S. The molecule has 0 atom stereocenters. The molecule has 130 valence electrons. The Kier molecular flexibility index (Phi) is 4.89. The normalized spacial score (nSPS) is 11.6. The lowest BCUT2D eigenvalue weighted by molar-refractivity contribution is 0.0600. The van der Waals surface area contributed by atoms with Crippen molar-refractivity contribution < 1.29 is 17.9 Å². The van der Waals surface area contributed by atoms with Gasteiger partial charge in [0, 0.05) is 29.6 Å². The van der Waals surface area contributed by atoms with Crippen LogP contribution in [0.1, 0.15) is 15.9 Å². The molecular weight excluding hydrogens is 410 g/mol. The van der Waals surface area contributed by atoms with Crippen molar-refractivity contribution in [3.05, 3.63) is 64.5 Å². The Labute approximate surface area is 152 Å². The molecule has 3 rings (SSSR count). The number of carbonyl (C=O) groups excluding carboxylic acids is 1. The highest BCUT2D eigenvalue weighted by Gasteiger charge is 2.18. The van der Waals surface area contributed by atoms with Gasteiger partial charge in [0.15, 0.2) is 0 Å². The first-order chi connectivity index (χ1) is 11.9. The molecule has 25 heavy (non-hydrogen) atoms. The molecule has 2 heterocycles. The fraction of sp³-hybridized carbons (Fsp3) is 0.125. The molecule has 0 fully saturated rings. The van der Waals surface area contributed by atoms with E-state index in [4.69, 9.17) is 0 Å². The number of rotatable bonds is 5. The van der Waals surface area contributed by atoms with E-state index in [1.807, 2.05) is 4.40 Å². The van der Waals surface area contributed by atoms with Gasteiger partial charge in [0.25, 0.3) is 0 Å². The number of pyridine rings is 1. The van der Waals surface area contributed by atoms with Gasteiger partial charge in [-0.1, -0.05) is 15.9 Å². The van der Waals surface area contributed by atoms with Crippen molar-refractivity contribution in [2.24, 2.45) is 0 Å². The number of carbonyl (C=O) groups is 1. The summed E-state index contributed by atoms with van der Waals surface area (Å²) in [6, 6.07) is 7.79. The van der Waals surface area contributed by atoms with Crippen LogP contribution in [0.25, 0.3) is 5.65 Å². The number of hydrogen-bond acceptors (Lipinski definition) is 5. The van der Waals surface area contributed by atoms with Crippen molar-refractivity contribution in [3.63, 3.8) is 0 Å². The summed E-state index contributed by atoms with van der Waals surface area (Å²) in [5.41, 5.74) is 1.65. The van der Waals surface area contributed by atoms with Gasteiger partial charge in [-0.2, -0.15) is 0 Å². The van der Waals surface area contributed by atoms with Crippen LogP contribution in [-0.4, -0.2) is 30.9 Å². The molecule has 0 aliphatic carbocycles. The van der Waals surface area contributed by atoms with Gasteiger partial charge < -0.3 is 9.14 Å². The Bertz CT molecular complexity index is 1050. The molecule has 9 heteroatoms. The van der Waals surface area contributed by atoms with Gasteiger partial charge in [0.2, 0.25) is 10.0 Å². The van der Waals surface area contributed by atoms with E-state index in [2.05, 4.69) is 30.4 Å². The van der Waals surface area contributed by atoms with Gasteiger partial charge in [-0.25, -0.2) is 22.9 Å². The number of aromatic nitrogens is 2. The molecule has 0 spiro atoms. The molecule has 7 nitrogen and oxygen atoms in total. The number of hydrogen-bond donors (Lipinski definition) is 1. The number of fused-ring (bicyclic) bond motifs is 1. The van der Waals surface area contributed by atoms with Crippen molar-refractivity contribution in [1.82, 2.24) is 14.1 Å². The Morgan fingerprint density at radius 3 is 2.84 bits per heavy atom. The molecule has 1 N–H and O–H groups in total. The molecule has 0 aliphatic heterocycles. The van der Waals surface area contributed by atoms with E-state index in [0.29, 0.717) is 4.47 Å². The lowest BCUT2D eigenvalue weighted by atomic mass is 10.2. The highest BCUT2D eigenvalue weighted by Crippen LogP contribution is 2.20. The summed E-state index contributed by atoms with van der Waals surface area (Å²) in [5.74, 6) is -0.609. The second-order valence-electron chi connectivity index (χ2n) is 5.22. The minimum atomic E-state index is -3.80. The summed E-state index contributed by atoms with van der Waals surface area (Å²) in [6.07, 6.45) is 5.28. The summed E-state index contributed by atoms with van der Waals surface area (Å²) in [7, 11) is -2.56. The van der Waals surface area contributed by atoms with Crippen molar-refractivity contribution in [1.29, 1.82) is 0 Å². The van der Waals surface area contributed by atoms with E-state index in [1.54, 1.807) is 30.7 Å². The second kappa shape index (κ2) is 6.95. The van der Waals surface area contributed by atoms with Crippen LogP contribution in [0.3, 0.4) is 0 Å². The molecule has 0 saturated carbocycles. The Morgan fingerprint density at radius 2 is 2.08 bits per heavy atom. The van der Waals surface area contributed by atoms with E-state index in [9.17, 15) is 13.2 Å². The van der Waals surface area contributed by atoms with Crippen molar-refractivity contribution in [3.8, 4) is 0 Å². The van der Waals surface area contributed by atoms with E-state index < -0.39 is 16.0 Å². The predicted octanol–water partition coefficient (Wildman–Crippen LogP) is 2.36. The number of sulfonamides is 1. The number of imidazole rings is 1. The topological polar surface area (TPSA) is 89.8 Å². The lowest BCUT2D eigenvalue weighted by Gasteiger charge is -2.09. The van der Waals surface area contributed by atoms with E-state index >= 15 is 0 Å². The van der Waals surface area contributed by atoms with E-state index in [0.717, 1.165) is 11.2 Å². The summed E-state index contributed by atoms with van der Waals surface area (Å²) >= 11 is 3.21. The number of benzene rings is 1. The fourth-order valence-electron chi connectivity index (χ4n) is 2.28. The van der Waals surface area contributed by atoms with Gasteiger partial charge in [0.05, 0.1) is 17.6 Å². The third-order valence-corrected chi connectivity index (χ3v) is 5.37.